The molecule has 0 bridgehead atoms. The Balaban J connectivity index is 1.15. The Morgan fingerprint density at radius 1 is 0.544 bits per heavy atom. The number of nitrogens with zero attached hydrogens (tertiary/aromatic N) is 3. The lowest BCUT2D eigenvalue weighted by Crippen LogP contribution is -2.61. The lowest BCUT2D eigenvalue weighted by atomic mass is 9.33. The summed E-state index contributed by atoms with van der Waals surface area (Å²) < 4.78 is 0. The van der Waals surface area contributed by atoms with Gasteiger partial charge in [0.05, 0.1) is 11.2 Å². The molecule has 68 heavy (non-hydrogen) atoms. The number of rotatable bonds is 4. The molecule has 3 heterocycles. The maximum atomic E-state index is 6.58. The molecule has 12 rings (SSSR count). The van der Waals surface area contributed by atoms with E-state index in [-0.39, 0.29) is 33.9 Å². The number of benzene rings is 7. The Hall–Kier alpha value is -6.20. The molecule has 1 fully saturated rings. The van der Waals surface area contributed by atoms with E-state index < -0.39 is 0 Å². The first-order valence-electron chi connectivity index (χ1n) is 25.3. The topological polar surface area (TPSA) is 35.7 Å². The Morgan fingerprint density at radius 3 is 1.88 bits per heavy atom. The van der Waals surface area contributed by atoms with Gasteiger partial charge in [0.25, 0.3) is 6.71 Å². The number of nitrogen functional groups attached to an aromatic ring is 1. The quantitative estimate of drug-likeness (QED) is 0.141. The predicted octanol–water partition coefficient (Wildman–Crippen LogP) is 14.4. The predicted molar refractivity (Wildman–Crippen MR) is 292 cm³/mol. The van der Waals surface area contributed by atoms with Crippen molar-refractivity contribution in [3.63, 3.8) is 0 Å². The van der Waals surface area contributed by atoms with Crippen molar-refractivity contribution in [2.24, 2.45) is 5.41 Å². The van der Waals surface area contributed by atoms with Gasteiger partial charge in [0, 0.05) is 56.5 Å². The van der Waals surface area contributed by atoms with Gasteiger partial charge < -0.3 is 20.4 Å². The fraction of sp³-hybridized carbons (Fsp3) is 0.333. The van der Waals surface area contributed by atoms with Gasteiger partial charge in [-0.05, 0) is 184 Å². The highest BCUT2D eigenvalue weighted by atomic mass is 15.3. The van der Waals surface area contributed by atoms with Crippen molar-refractivity contribution in [1.82, 2.24) is 0 Å². The fourth-order valence-electron chi connectivity index (χ4n) is 13.5. The third-order valence-corrected chi connectivity index (χ3v) is 17.2. The number of nitrogens with two attached hydrogens (primary N) is 1. The molecule has 2 atom stereocenters. The summed E-state index contributed by atoms with van der Waals surface area (Å²) in [6.07, 6.45) is 5.65. The molecule has 5 heteroatoms. The van der Waals surface area contributed by atoms with Gasteiger partial charge in [0.2, 0.25) is 0 Å². The molecule has 0 saturated heterocycles. The Kier molecular flexibility index (Phi) is 9.14. The second-order valence-corrected chi connectivity index (χ2v) is 24.5. The van der Waals surface area contributed by atoms with Crippen LogP contribution in [0, 0.1) is 12.3 Å². The van der Waals surface area contributed by atoms with Gasteiger partial charge in [-0.2, -0.15) is 0 Å². The molecule has 2 unspecified atom stereocenters. The fourth-order valence-corrected chi connectivity index (χ4v) is 13.5. The zero-order chi connectivity index (χ0) is 47.4. The smallest absolute Gasteiger partial charge is 0.252 e. The monoisotopic (exact) mass is 891 g/mol. The summed E-state index contributed by atoms with van der Waals surface area (Å²) in [7, 11) is 0. The largest absolute Gasteiger partial charge is 0.399 e. The average Bonchev–Trinajstić information content (AvgIpc) is 3.84. The molecule has 0 spiro atoms. The van der Waals surface area contributed by atoms with Gasteiger partial charge in [-0.1, -0.05) is 129 Å². The highest BCUT2D eigenvalue weighted by Gasteiger charge is 2.59. The van der Waals surface area contributed by atoms with Crippen LogP contribution in [0.5, 0.6) is 0 Å². The zero-order valence-corrected chi connectivity index (χ0v) is 42.2. The highest BCUT2D eigenvalue weighted by molar-refractivity contribution is 7.00. The second-order valence-electron chi connectivity index (χ2n) is 24.5. The third-order valence-electron chi connectivity index (χ3n) is 17.2. The number of anilines is 9. The van der Waals surface area contributed by atoms with Gasteiger partial charge in [0.1, 0.15) is 0 Å². The second kappa shape index (κ2) is 14.4. The van der Waals surface area contributed by atoms with Gasteiger partial charge in [-0.3, -0.25) is 0 Å². The first-order chi connectivity index (χ1) is 32.2. The molecule has 2 N–H and O–H groups in total. The highest BCUT2D eigenvalue weighted by Crippen LogP contribution is 2.63. The van der Waals surface area contributed by atoms with E-state index in [1.54, 1.807) is 0 Å². The Labute approximate surface area is 406 Å². The van der Waals surface area contributed by atoms with E-state index in [2.05, 4.69) is 224 Å². The van der Waals surface area contributed by atoms with Gasteiger partial charge in [-0.15, -0.1) is 0 Å². The van der Waals surface area contributed by atoms with Crippen molar-refractivity contribution in [3.05, 3.63) is 167 Å². The average molecular weight is 891 g/mol. The van der Waals surface area contributed by atoms with E-state index in [4.69, 9.17) is 5.73 Å². The Morgan fingerprint density at radius 2 is 1.18 bits per heavy atom. The summed E-state index contributed by atoms with van der Waals surface area (Å²) in [6, 6.07) is 52.2. The molecular weight excluding hydrogens is 824 g/mol. The minimum absolute atomic E-state index is 0.00167. The normalized spacial score (nSPS) is 20.8. The van der Waals surface area contributed by atoms with Gasteiger partial charge in [0.15, 0.2) is 0 Å². The molecule has 4 nitrogen and oxygen atoms in total. The molecule has 3 aliphatic heterocycles. The molecule has 342 valence electrons. The van der Waals surface area contributed by atoms with Crippen molar-refractivity contribution in [3.8, 4) is 11.1 Å². The van der Waals surface area contributed by atoms with E-state index in [1.807, 2.05) is 0 Å². The first kappa shape index (κ1) is 43.1. The van der Waals surface area contributed by atoms with E-state index >= 15 is 0 Å². The van der Waals surface area contributed by atoms with Gasteiger partial charge in [-0.25, -0.2) is 0 Å². The molecule has 5 aliphatic rings. The maximum Gasteiger partial charge on any atom is 0.252 e. The molecule has 1 saturated carbocycles. The van der Waals surface area contributed by atoms with E-state index in [9.17, 15) is 0 Å². The van der Waals surface area contributed by atoms with Crippen LogP contribution in [0.25, 0.3) is 11.1 Å². The molecule has 0 radical (unpaired) electrons. The number of aryl methyl sites for hydroxylation is 1. The van der Waals surface area contributed by atoms with Gasteiger partial charge >= 0.3 is 0 Å². The van der Waals surface area contributed by atoms with Crippen LogP contribution in [0.1, 0.15) is 122 Å². The lowest BCUT2D eigenvalue weighted by molar-refractivity contribution is 0.330. The summed E-state index contributed by atoms with van der Waals surface area (Å²) in [4.78, 5) is 7.97. The van der Waals surface area contributed by atoms with Crippen LogP contribution in [0.4, 0.5) is 51.2 Å². The summed E-state index contributed by atoms with van der Waals surface area (Å²) in [5.41, 5.74) is 32.5. The van der Waals surface area contributed by atoms with E-state index in [0.29, 0.717) is 0 Å². The lowest BCUT2D eigenvalue weighted by Gasteiger charge is -2.46. The molecule has 0 amide bonds. The molecule has 2 aliphatic carbocycles. The number of fused-ring (bicyclic) bond motifs is 8. The number of hydrogen-bond acceptors (Lipinski definition) is 4. The van der Waals surface area contributed by atoms with Crippen LogP contribution in [-0.2, 0) is 29.1 Å². The van der Waals surface area contributed by atoms with Crippen molar-refractivity contribution in [2.45, 2.75) is 130 Å². The third kappa shape index (κ3) is 6.26. The minimum Gasteiger partial charge on any atom is -0.399 e. The van der Waals surface area contributed by atoms with E-state index in [1.165, 1.54) is 113 Å². The SMILES string of the molecule is Cc1cc2c3c(c1)N(c1ccc(C(C)(C)C)cc1-c1ccccc1)c1cc4c(cc1B3c1ccc(N3c5ccc(N)cc5C5(C)CCCC35C)cc1N2c1ccc(C(C)(C)C)cc1)CC(C)(C)C4. The van der Waals surface area contributed by atoms with Crippen molar-refractivity contribution >= 4 is 74.3 Å². The van der Waals surface area contributed by atoms with Crippen molar-refractivity contribution < 1.29 is 0 Å². The van der Waals surface area contributed by atoms with Crippen LogP contribution in [-0.4, -0.2) is 12.3 Å². The van der Waals surface area contributed by atoms with Crippen LogP contribution in [0.2, 0.25) is 0 Å². The van der Waals surface area contributed by atoms with E-state index in [0.717, 1.165) is 31.4 Å². The van der Waals surface area contributed by atoms with Crippen molar-refractivity contribution in [1.29, 1.82) is 0 Å². The summed E-state index contributed by atoms with van der Waals surface area (Å²) >= 11 is 0. The standard InChI is InChI=1S/C63H67BN4/c1-39-30-56-58-57(31-39)67(52-26-20-44(60(5,6)7)34-48(52)40-16-13-12-14-17-40)54-33-42-38-61(8,9)37-41(42)32-51(54)64(58)50-25-24-47(36-55(50)66(56)46-22-18-43(19-23-46)59(2,3)4)68-53-27-21-45(65)35-49(53)62(10)28-15-29-63(62,68)11/h12-14,16-27,30-36H,15,28-29,37-38,65H2,1-11H3. The summed E-state index contributed by atoms with van der Waals surface area (Å²) in [6.45, 7) is 26.1. The summed E-state index contributed by atoms with van der Waals surface area (Å²) in [5, 5.41) is 0. The molecule has 0 aromatic heterocycles. The zero-order valence-electron chi connectivity index (χ0n) is 42.2. The first-order valence-corrected chi connectivity index (χ1v) is 25.3. The minimum atomic E-state index is -0.0861. The van der Waals surface area contributed by atoms with Crippen molar-refractivity contribution in [2.75, 3.05) is 20.4 Å². The summed E-state index contributed by atoms with van der Waals surface area (Å²) in [5.74, 6) is 0. The van der Waals surface area contributed by atoms with Crippen LogP contribution >= 0.6 is 0 Å². The van der Waals surface area contributed by atoms with Crippen LogP contribution < -0.4 is 36.8 Å². The maximum absolute atomic E-state index is 6.58. The molecule has 7 aromatic carbocycles. The van der Waals surface area contributed by atoms with Crippen LogP contribution in [0.15, 0.2) is 133 Å². The Bertz CT molecular complexity index is 3220. The molecular formula is C63H67BN4. The molecule has 7 aromatic rings. The number of hydrogen-bond donors (Lipinski definition) is 1. The van der Waals surface area contributed by atoms with Crippen LogP contribution in [0.3, 0.4) is 0 Å².